The molecule has 0 bridgehead atoms. The summed E-state index contributed by atoms with van der Waals surface area (Å²) in [5, 5.41) is -0.158. The largest absolute Gasteiger partial charge is 0.417 e. The van der Waals surface area contributed by atoms with Crippen molar-refractivity contribution in [2.24, 2.45) is 0 Å². The Morgan fingerprint density at radius 1 is 0.963 bits per heavy atom. The van der Waals surface area contributed by atoms with Crippen LogP contribution in [0.2, 0.25) is 5.02 Å². The van der Waals surface area contributed by atoms with Gasteiger partial charge in [0.2, 0.25) is 10.0 Å². The number of halogens is 4. The van der Waals surface area contributed by atoms with Crippen molar-refractivity contribution < 1.29 is 21.6 Å². The zero-order chi connectivity index (χ0) is 19.7. The third kappa shape index (κ3) is 4.63. The number of nitrogens with zero attached hydrogens (tertiary/aromatic N) is 2. The van der Waals surface area contributed by atoms with Crippen LogP contribution < -0.4 is 0 Å². The summed E-state index contributed by atoms with van der Waals surface area (Å²) < 4.78 is 66.5. The Hall–Kier alpha value is -1.61. The minimum atomic E-state index is -4.80. The van der Waals surface area contributed by atoms with E-state index in [1.807, 2.05) is 30.3 Å². The van der Waals surface area contributed by atoms with Crippen molar-refractivity contribution in [2.45, 2.75) is 17.6 Å². The van der Waals surface area contributed by atoms with E-state index in [1.165, 1.54) is 0 Å². The lowest BCUT2D eigenvalue weighted by Gasteiger charge is -2.34. The lowest BCUT2D eigenvalue weighted by molar-refractivity contribution is -0.139. The van der Waals surface area contributed by atoms with E-state index in [2.05, 4.69) is 4.90 Å². The van der Waals surface area contributed by atoms with Crippen molar-refractivity contribution in [2.75, 3.05) is 26.2 Å². The number of piperazine rings is 1. The van der Waals surface area contributed by atoms with E-state index in [0.29, 0.717) is 25.7 Å². The first-order valence-electron chi connectivity index (χ1n) is 8.31. The summed E-state index contributed by atoms with van der Waals surface area (Å²) in [7, 11) is -4.26. The van der Waals surface area contributed by atoms with Gasteiger partial charge in [0.15, 0.2) is 0 Å². The maximum atomic E-state index is 13.3. The lowest BCUT2D eigenvalue weighted by atomic mass is 10.2. The molecular weight excluding hydrogens is 401 g/mol. The molecule has 3 rings (SSSR count). The van der Waals surface area contributed by atoms with Crippen LogP contribution in [0, 0.1) is 0 Å². The van der Waals surface area contributed by atoms with Gasteiger partial charge in [-0.3, -0.25) is 4.90 Å². The third-order valence-corrected chi connectivity index (χ3v) is 6.64. The van der Waals surface area contributed by atoms with E-state index >= 15 is 0 Å². The number of hydrogen-bond acceptors (Lipinski definition) is 3. The number of rotatable bonds is 4. The molecule has 0 N–H and O–H groups in total. The summed E-state index contributed by atoms with van der Waals surface area (Å²) in [5.74, 6) is 0. The third-order valence-electron chi connectivity index (χ3n) is 4.45. The molecule has 0 radical (unpaired) electrons. The fraction of sp³-hybridized carbons (Fsp3) is 0.333. The highest BCUT2D eigenvalue weighted by molar-refractivity contribution is 7.89. The van der Waals surface area contributed by atoms with E-state index in [0.717, 1.165) is 22.0 Å². The van der Waals surface area contributed by atoms with Crippen LogP contribution in [0.3, 0.4) is 0 Å². The number of benzene rings is 2. The van der Waals surface area contributed by atoms with Gasteiger partial charge in [-0.25, -0.2) is 8.42 Å². The van der Waals surface area contributed by atoms with Crippen LogP contribution in [0.4, 0.5) is 13.2 Å². The first-order valence-corrected chi connectivity index (χ1v) is 10.1. The second-order valence-corrected chi connectivity index (χ2v) is 8.65. The molecule has 0 unspecified atom stereocenters. The molecule has 0 aliphatic carbocycles. The minimum Gasteiger partial charge on any atom is -0.296 e. The van der Waals surface area contributed by atoms with Gasteiger partial charge in [-0.15, -0.1) is 0 Å². The Bertz CT molecular complexity index is 897. The average molecular weight is 419 g/mol. The first kappa shape index (κ1) is 20.1. The van der Waals surface area contributed by atoms with Crippen LogP contribution in [0.15, 0.2) is 53.4 Å². The summed E-state index contributed by atoms with van der Waals surface area (Å²) in [6.45, 7) is 1.83. The first-order chi connectivity index (χ1) is 12.7. The molecule has 4 nitrogen and oxygen atoms in total. The molecule has 0 aromatic heterocycles. The Labute approximate surface area is 161 Å². The quantitative estimate of drug-likeness (QED) is 0.757. The molecule has 2 aromatic rings. The predicted octanol–water partition coefficient (Wildman–Crippen LogP) is 3.87. The Morgan fingerprint density at radius 3 is 2.19 bits per heavy atom. The molecule has 1 saturated heterocycles. The van der Waals surface area contributed by atoms with E-state index < -0.39 is 26.7 Å². The van der Waals surface area contributed by atoms with E-state index in [4.69, 9.17) is 11.6 Å². The predicted molar refractivity (Wildman–Crippen MR) is 96.9 cm³/mol. The number of alkyl halides is 3. The van der Waals surface area contributed by atoms with Gasteiger partial charge < -0.3 is 0 Å². The smallest absolute Gasteiger partial charge is 0.296 e. The van der Waals surface area contributed by atoms with Gasteiger partial charge in [-0.2, -0.15) is 17.5 Å². The monoisotopic (exact) mass is 418 g/mol. The van der Waals surface area contributed by atoms with Gasteiger partial charge in [0.05, 0.1) is 10.5 Å². The summed E-state index contributed by atoms with van der Waals surface area (Å²) in [6, 6.07) is 12.5. The fourth-order valence-corrected chi connectivity index (χ4v) is 4.84. The summed E-state index contributed by atoms with van der Waals surface area (Å²) in [6.07, 6.45) is -4.80. The Morgan fingerprint density at radius 2 is 1.59 bits per heavy atom. The molecule has 146 valence electrons. The maximum absolute atomic E-state index is 13.3. The van der Waals surface area contributed by atoms with Crippen molar-refractivity contribution in [3.05, 3.63) is 64.7 Å². The van der Waals surface area contributed by atoms with Gasteiger partial charge >= 0.3 is 6.18 Å². The van der Waals surface area contributed by atoms with Gasteiger partial charge in [0.1, 0.15) is 0 Å². The Balaban J connectivity index is 1.76. The van der Waals surface area contributed by atoms with E-state index in [1.54, 1.807) is 0 Å². The summed E-state index contributed by atoms with van der Waals surface area (Å²) >= 11 is 5.64. The highest BCUT2D eigenvalue weighted by Gasteiger charge is 2.40. The topological polar surface area (TPSA) is 40.6 Å². The molecular formula is C18H18ClF3N2O2S. The van der Waals surface area contributed by atoms with Crippen LogP contribution >= 0.6 is 11.6 Å². The van der Waals surface area contributed by atoms with Gasteiger partial charge in [-0.05, 0) is 23.8 Å². The van der Waals surface area contributed by atoms with Crippen LogP contribution in [-0.2, 0) is 22.7 Å². The van der Waals surface area contributed by atoms with E-state index in [-0.39, 0.29) is 18.1 Å². The molecule has 0 atom stereocenters. The Kier molecular flexibility index (Phi) is 5.81. The van der Waals surface area contributed by atoms with Crippen LogP contribution in [0.5, 0.6) is 0 Å². The number of hydrogen-bond donors (Lipinski definition) is 0. The van der Waals surface area contributed by atoms with Crippen molar-refractivity contribution >= 4 is 21.6 Å². The van der Waals surface area contributed by atoms with Crippen molar-refractivity contribution in [3.8, 4) is 0 Å². The second kappa shape index (κ2) is 7.79. The fourth-order valence-electron chi connectivity index (χ4n) is 3.06. The van der Waals surface area contributed by atoms with Crippen molar-refractivity contribution in [3.63, 3.8) is 0 Å². The summed E-state index contributed by atoms with van der Waals surface area (Å²) in [5.41, 5.74) is -0.132. The highest BCUT2D eigenvalue weighted by Crippen LogP contribution is 2.37. The molecule has 1 fully saturated rings. The minimum absolute atomic E-state index is 0.134. The standard InChI is InChI=1S/C18H18ClF3N2O2S/c19-15-6-7-17(16(12-15)18(20,21)22)27(25,26)24-10-8-23(9-11-24)13-14-4-2-1-3-5-14/h1-7,12H,8-11,13H2. The molecule has 9 heteroatoms. The van der Waals surface area contributed by atoms with Gasteiger partial charge in [0.25, 0.3) is 0 Å². The molecule has 1 aliphatic rings. The maximum Gasteiger partial charge on any atom is 0.417 e. The van der Waals surface area contributed by atoms with Gasteiger partial charge in [-0.1, -0.05) is 41.9 Å². The van der Waals surface area contributed by atoms with Gasteiger partial charge in [0, 0.05) is 37.7 Å². The highest BCUT2D eigenvalue weighted by atomic mass is 35.5. The molecule has 1 aliphatic heterocycles. The summed E-state index contributed by atoms with van der Waals surface area (Å²) in [4.78, 5) is 1.32. The van der Waals surface area contributed by atoms with Crippen LogP contribution in [0.25, 0.3) is 0 Å². The molecule has 0 saturated carbocycles. The van der Waals surface area contributed by atoms with E-state index in [9.17, 15) is 21.6 Å². The zero-order valence-electron chi connectivity index (χ0n) is 14.3. The molecule has 27 heavy (non-hydrogen) atoms. The lowest BCUT2D eigenvalue weighted by Crippen LogP contribution is -2.48. The van der Waals surface area contributed by atoms with Crippen LogP contribution in [-0.4, -0.2) is 43.8 Å². The zero-order valence-corrected chi connectivity index (χ0v) is 15.9. The molecule has 2 aromatic carbocycles. The van der Waals surface area contributed by atoms with Crippen LogP contribution in [0.1, 0.15) is 11.1 Å². The molecule has 0 spiro atoms. The normalized spacial score (nSPS) is 17.2. The van der Waals surface area contributed by atoms with Crippen molar-refractivity contribution in [1.82, 2.24) is 9.21 Å². The van der Waals surface area contributed by atoms with Crippen molar-refractivity contribution in [1.29, 1.82) is 0 Å². The molecule has 1 heterocycles. The average Bonchev–Trinajstić information content (AvgIpc) is 2.62. The number of sulfonamides is 1. The SMILES string of the molecule is O=S(=O)(c1ccc(Cl)cc1C(F)(F)F)N1CCN(Cc2ccccc2)CC1. The second-order valence-electron chi connectivity index (χ2n) is 6.30. The molecule has 0 amide bonds.